The lowest BCUT2D eigenvalue weighted by atomic mass is 9.95. The summed E-state index contributed by atoms with van der Waals surface area (Å²) in [5.74, 6) is 0.679. The van der Waals surface area contributed by atoms with E-state index in [4.69, 9.17) is 4.74 Å². The Morgan fingerprint density at radius 3 is 2.78 bits per heavy atom. The van der Waals surface area contributed by atoms with Gasteiger partial charge in [0.25, 0.3) is 0 Å². The van der Waals surface area contributed by atoms with Crippen molar-refractivity contribution in [2.75, 3.05) is 26.8 Å². The van der Waals surface area contributed by atoms with E-state index in [2.05, 4.69) is 52.4 Å². The van der Waals surface area contributed by atoms with Crippen molar-refractivity contribution in [3.05, 3.63) is 34.3 Å². The molecule has 102 valence electrons. The second kappa shape index (κ2) is 9.54. The van der Waals surface area contributed by atoms with Gasteiger partial charge in [-0.15, -0.1) is 0 Å². The monoisotopic (exact) mass is 313 g/mol. The third kappa shape index (κ3) is 5.98. The Bertz CT molecular complexity index is 330. The van der Waals surface area contributed by atoms with E-state index in [9.17, 15) is 0 Å². The first kappa shape index (κ1) is 15.7. The molecule has 0 saturated heterocycles. The maximum absolute atomic E-state index is 5.14. The number of halogens is 1. The van der Waals surface area contributed by atoms with Crippen molar-refractivity contribution in [1.82, 2.24) is 5.32 Å². The van der Waals surface area contributed by atoms with E-state index in [1.165, 1.54) is 16.5 Å². The molecule has 0 radical (unpaired) electrons. The Hall–Kier alpha value is -0.380. The van der Waals surface area contributed by atoms with Gasteiger partial charge in [0.15, 0.2) is 0 Å². The fraction of sp³-hybridized carbons (Fsp3) is 0.600. The van der Waals surface area contributed by atoms with E-state index in [0.29, 0.717) is 5.92 Å². The van der Waals surface area contributed by atoms with Crippen LogP contribution in [-0.2, 0) is 11.2 Å². The Morgan fingerprint density at radius 2 is 2.11 bits per heavy atom. The molecule has 1 unspecified atom stereocenters. The zero-order valence-electron chi connectivity index (χ0n) is 11.4. The molecule has 1 rings (SSSR count). The standard InChI is InChI=1S/C15H24BrNO/c1-3-17-12-13(7-6-10-18-2)11-14-8-4-5-9-15(14)16/h4-5,8-9,13,17H,3,6-7,10-12H2,1-2H3. The average Bonchev–Trinajstić information content (AvgIpc) is 2.38. The maximum atomic E-state index is 5.14. The fourth-order valence-corrected chi connectivity index (χ4v) is 2.56. The summed E-state index contributed by atoms with van der Waals surface area (Å²) in [6, 6.07) is 8.51. The van der Waals surface area contributed by atoms with Gasteiger partial charge >= 0.3 is 0 Å². The molecule has 0 aliphatic rings. The smallest absolute Gasteiger partial charge is 0.0462 e. The van der Waals surface area contributed by atoms with Crippen molar-refractivity contribution in [2.45, 2.75) is 26.2 Å². The minimum Gasteiger partial charge on any atom is -0.385 e. The normalized spacial score (nSPS) is 12.6. The van der Waals surface area contributed by atoms with Gasteiger partial charge in [-0.1, -0.05) is 41.1 Å². The lowest BCUT2D eigenvalue weighted by Gasteiger charge is -2.18. The topological polar surface area (TPSA) is 21.3 Å². The highest BCUT2D eigenvalue weighted by atomic mass is 79.9. The first-order chi connectivity index (χ1) is 8.77. The van der Waals surface area contributed by atoms with Gasteiger partial charge in [0, 0.05) is 18.2 Å². The van der Waals surface area contributed by atoms with E-state index >= 15 is 0 Å². The van der Waals surface area contributed by atoms with Crippen LogP contribution in [0, 0.1) is 5.92 Å². The van der Waals surface area contributed by atoms with E-state index in [0.717, 1.165) is 32.5 Å². The van der Waals surface area contributed by atoms with Gasteiger partial charge in [-0.05, 0) is 49.9 Å². The van der Waals surface area contributed by atoms with Gasteiger partial charge in [-0.2, -0.15) is 0 Å². The Morgan fingerprint density at radius 1 is 1.33 bits per heavy atom. The van der Waals surface area contributed by atoms with Crippen LogP contribution in [-0.4, -0.2) is 26.8 Å². The van der Waals surface area contributed by atoms with Gasteiger partial charge < -0.3 is 10.1 Å². The summed E-state index contributed by atoms with van der Waals surface area (Å²) in [5.41, 5.74) is 1.40. The van der Waals surface area contributed by atoms with Crippen molar-refractivity contribution in [2.24, 2.45) is 5.92 Å². The number of ether oxygens (including phenoxy) is 1. The Labute approximate surface area is 119 Å². The lowest BCUT2D eigenvalue weighted by Crippen LogP contribution is -2.24. The average molecular weight is 314 g/mol. The van der Waals surface area contributed by atoms with Crippen molar-refractivity contribution >= 4 is 15.9 Å². The van der Waals surface area contributed by atoms with E-state index in [-0.39, 0.29) is 0 Å². The Kier molecular flexibility index (Phi) is 8.31. The molecule has 0 saturated carbocycles. The predicted molar refractivity (Wildman–Crippen MR) is 81.0 cm³/mol. The van der Waals surface area contributed by atoms with Gasteiger partial charge in [-0.25, -0.2) is 0 Å². The van der Waals surface area contributed by atoms with Gasteiger partial charge in [0.1, 0.15) is 0 Å². The minimum atomic E-state index is 0.679. The molecule has 3 heteroatoms. The molecular formula is C15H24BrNO. The number of rotatable bonds is 9. The van der Waals surface area contributed by atoms with E-state index in [1.54, 1.807) is 7.11 Å². The van der Waals surface area contributed by atoms with Crippen LogP contribution in [0.3, 0.4) is 0 Å². The molecule has 0 fully saturated rings. The number of hydrogen-bond donors (Lipinski definition) is 1. The second-order valence-corrected chi connectivity index (χ2v) is 5.46. The molecule has 0 heterocycles. The van der Waals surface area contributed by atoms with E-state index < -0.39 is 0 Å². The SMILES string of the molecule is CCNCC(CCCOC)Cc1ccccc1Br. The van der Waals surface area contributed by atoms with Crippen LogP contribution < -0.4 is 5.32 Å². The largest absolute Gasteiger partial charge is 0.385 e. The molecule has 0 aliphatic heterocycles. The lowest BCUT2D eigenvalue weighted by molar-refractivity contribution is 0.186. The number of hydrogen-bond acceptors (Lipinski definition) is 2. The molecule has 1 N–H and O–H groups in total. The molecule has 1 aromatic rings. The zero-order valence-corrected chi connectivity index (χ0v) is 13.0. The highest BCUT2D eigenvalue weighted by Gasteiger charge is 2.10. The molecule has 0 bridgehead atoms. The Balaban J connectivity index is 2.51. The van der Waals surface area contributed by atoms with Crippen LogP contribution in [0.4, 0.5) is 0 Å². The number of nitrogens with one attached hydrogen (secondary N) is 1. The van der Waals surface area contributed by atoms with E-state index in [1.807, 2.05) is 0 Å². The van der Waals surface area contributed by atoms with Crippen LogP contribution in [0.2, 0.25) is 0 Å². The van der Waals surface area contributed by atoms with Crippen molar-refractivity contribution in [3.63, 3.8) is 0 Å². The summed E-state index contributed by atoms with van der Waals surface area (Å²) >= 11 is 3.63. The first-order valence-corrected chi connectivity index (χ1v) is 7.50. The molecule has 18 heavy (non-hydrogen) atoms. The quantitative estimate of drug-likeness (QED) is 0.703. The summed E-state index contributed by atoms with van der Waals surface area (Å²) in [6.07, 6.45) is 3.47. The van der Waals surface area contributed by atoms with Crippen molar-refractivity contribution < 1.29 is 4.74 Å². The third-order valence-corrected chi connectivity index (χ3v) is 3.88. The van der Waals surface area contributed by atoms with Gasteiger partial charge in [0.05, 0.1) is 0 Å². The highest BCUT2D eigenvalue weighted by Crippen LogP contribution is 2.21. The maximum Gasteiger partial charge on any atom is 0.0462 e. The molecule has 1 aromatic carbocycles. The van der Waals surface area contributed by atoms with Crippen molar-refractivity contribution in [1.29, 1.82) is 0 Å². The van der Waals surface area contributed by atoms with Crippen LogP contribution in [0.5, 0.6) is 0 Å². The van der Waals surface area contributed by atoms with Gasteiger partial charge in [-0.3, -0.25) is 0 Å². The third-order valence-electron chi connectivity index (χ3n) is 3.11. The van der Waals surface area contributed by atoms with Gasteiger partial charge in [0.2, 0.25) is 0 Å². The molecular weight excluding hydrogens is 290 g/mol. The van der Waals surface area contributed by atoms with Crippen LogP contribution in [0.15, 0.2) is 28.7 Å². The summed E-state index contributed by atoms with van der Waals surface area (Å²) in [4.78, 5) is 0. The fourth-order valence-electron chi connectivity index (χ4n) is 2.12. The van der Waals surface area contributed by atoms with Crippen LogP contribution in [0.1, 0.15) is 25.3 Å². The minimum absolute atomic E-state index is 0.679. The summed E-state index contributed by atoms with van der Waals surface area (Å²) in [7, 11) is 1.77. The molecule has 1 atom stereocenters. The number of methoxy groups -OCH3 is 1. The van der Waals surface area contributed by atoms with Crippen LogP contribution >= 0.6 is 15.9 Å². The molecule has 0 aromatic heterocycles. The molecule has 0 spiro atoms. The summed E-state index contributed by atoms with van der Waals surface area (Å²) in [5, 5.41) is 3.46. The highest BCUT2D eigenvalue weighted by molar-refractivity contribution is 9.10. The molecule has 0 aliphatic carbocycles. The predicted octanol–water partition coefficient (Wildman–Crippen LogP) is 3.64. The second-order valence-electron chi connectivity index (χ2n) is 4.60. The molecule has 2 nitrogen and oxygen atoms in total. The summed E-state index contributed by atoms with van der Waals surface area (Å²) < 4.78 is 6.36. The first-order valence-electron chi connectivity index (χ1n) is 6.71. The number of benzene rings is 1. The zero-order chi connectivity index (χ0) is 13.2. The van der Waals surface area contributed by atoms with Crippen molar-refractivity contribution in [3.8, 4) is 0 Å². The van der Waals surface area contributed by atoms with Crippen LogP contribution in [0.25, 0.3) is 0 Å². The molecule has 0 amide bonds. The summed E-state index contributed by atoms with van der Waals surface area (Å²) in [6.45, 7) is 5.14.